The van der Waals surface area contributed by atoms with E-state index in [1.54, 1.807) is 18.2 Å². The molecule has 0 aromatic heterocycles. The zero-order valence-corrected chi connectivity index (χ0v) is 10.5. The van der Waals surface area contributed by atoms with Gasteiger partial charge in [0.25, 0.3) is 5.69 Å². The van der Waals surface area contributed by atoms with Crippen molar-refractivity contribution in [2.24, 2.45) is 0 Å². The largest absolute Gasteiger partial charge is 0.377 e. The lowest BCUT2D eigenvalue weighted by molar-refractivity contribution is -0.384. The molecule has 0 radical (unpaired) electrons. The Balaban J connectivity index is 2.03. The number of nitrogens with one attached hydrogen (secondary N) is 1. The second-order valence-corrected chi connectivity index (χ2v) is 4.65. The van der Waals surface area contributed by atoms with Crippen molar-refractivity contribution in [2.45, 2.75) is 32.3 Å². The summed E-state index contributed by atoms with van der Waals surface area (Å²) in [5, 5.41) is 14.1. The highest BCUT2D eigenvalue weighted by Gasteiger charge is 2.17. The molecule has 1 saturated heterocycles. The number of aryl methyl sites for hydroxylation is 1. The molecule has 0 saturated carbocycles. The van der Waals surface area contributed by atoms with Crippen molar-refractivity contribution in [3.8, 4) is 0 Å². The Morgan fingerprint density at radius 2 is 2.33 bits per heavy atom. The van der Waals surface area contributed by atoms with Gasteiger partial charge in [-0.1, -0.05) is 6.07 Å². The molecule has 1 aromatic carbocycles. The third kappa shape index (κ3) is 3.20. The maximum Gasteiger partial charge on any atom is 0.292 e. The Kier molecular flexibility index (Phi) is 4.15. The van der Waals surface area contributed by atoms with Gasteiger partial charge in [-0.25, -0.2) is 0 Å². The fraction of sp³-hybridized carbons (Fsp3) is 0.538. The lowest BCUT2D eigenvalue weighted by Crippen LogP contribution is -2.27. The Hall–Kier alpha value is -1.62. The van der Waals surface area contributed by atoms with E-state index in [0.717, 1.165) is 25.0 Å². The molecule has 0 bridgehead atoms. The predicted molar refractivity (Wildman–Crippen MR) is 69.9 cm³/mol. The monoisotopic (exact) mass is 250 g/mol. The summed E-state index contributed by atoms with van der Waals surface area (Å²) in [6.07, 6.45) is 3.47. The average Bonchev–Trinajstić information content (AvgIpc) is 2.37. The molecule has 1 unspecified atom stereocenters. The average molecular weight is 250 g/mol. The second kappa shape index (κ2) is 5.82. The Morgan fingerprint density at radius 3 is 3.00 bits per heavy atom. The van der Waals surface area contributed by atoms with Gasteiger partial charge in [0.15, 0.2) is 0 Å². The van der Waals surface area contributed by atoms with Gasteiger partial charge in [0.05, 0.1) is 11.0 Å². The molecule has 0 aliphatic carbocycles. The van der Waals surface area contributed by atoms with E-state index in [4.69, 9.17) is 4.74 Å². The molecule has 2 rings (SSSR count). The van der Waals surface area contributed by atoms with E-state index >= 15 is 0 Å². The normalized spacial score (nSPS) is 19.5. The highest BCUT2D eigenvalue weighted by molar-refractivity contribution is 5.62. The minimum Gasteiger partial charge on any atom is -0.377 e. The summed E-state index contributed by atoms with van der Waals surface area (Å²) in [5.74, 6) is 0. The van der Waals surface area contributed by atoms with E-state index in [2.05, 4.69) is 5.32 Å². The van der Waals surface area contributed by atoms with E-state index in [-0.39, 0.29) is 16.7 Å². The van der Waals surface area contributed by atoms with Gasteiger partial charge in [0, 0.05) is 19.2 Å². The van der Waals surface area contributed by atoms with Crippen molar-refractivity contribution in [1.82, 2.24) is 0 Å². The molecule has 1 heterocycles. The van der Waals surface area contributed by atoms with Crippen LogP contribution in [-0.4, -0.2) is 24.2 Å². The van der Waals surface area contributed by atoms with Gasteiger partial charge in [-0.3, -0.25) is 10.1 Å². The molecule has 5 heteroatoms. The van der Waals surface area contributed by atoms with Crippen LogP contribution in [0, 0.1) is 17.0 Å². The number of hydrogen-bond donors (Lipinski definition) is 1. The highest BCUT2D eigenvalue weighted by atomic mass is 16.6. The summed E-state index contributed by atoms with van der Waals surface area (Å²) < 4.78 is 5.60. The molecule has 1 aromatic rings. The van der Waals surface area contributed by atoms with Crippen LogP contribution in [0.25, 0.3) is 0 Å². The van der Waals surface area contributed by atoms with Crippen LogP contribution in [0.3, 0.4) is 0 Å². The number of nitrogens with zero attached hydrogens (tertiary/aromatic N) is 1. The fourth-order valence-corrected chi connectivity index (χ4v) is 2.14. The van der Waals surface area contributed by atoms with Crippen molar-refractivity contribution >= 4 is 11.4 Å². The zero-order valence-electron chi connectivity index (χ0n) is 10.5. The number of anilines is 1. The summed E-state index contributed by atoms with van der Waals surface area (Å²) in [5.41, 5.74) is 1.71. The summed E-state index contributed by atoms with van der Waals surface area (Å²) in [7, 11) is 0. The molecule has 1 aliphatic rings. The summed E-state index contributed by atoms with van der Waals surface area (Å²) in [4.78, 5) is 10.6. The van der Waals surface area contributed by atoms with Crippen LogP contribution in [0.1, 0.15) is 24.8 Å². The second-order valence-electron chi connectivity index (χ2n) is 4.65. The predicted octanol–water partition coefficient (Wildman–Crippen LogP) is 2.88. The molecule has 5 nitrogen and oxygen atoms in total. The van der Waals surface area contributed by atoms with Crippen LogP contribution in [-0.2, 0) is 4.74 Å². The Morgan fingerprint density at radius 1 is 1.50 bits per heavy atom. The van der Waals surface area contributed by atoms with Gasteiger partial charge in [0.2, 0.25) is 0 Å². The Labute approximate surface area is 106 Å². The van der Waals surface area contributed by atoms with Gasteiger partial charge in [-0.15, -0.1) is 0 Å². The van der Waals surface area contributed by atoms with Gasteiger partial charge >= 0.3 is 0 Å². The quantitative estimate of drug-likeness (QED) is 0.659. The van der Waals surface area contributed by atoms with Crippen molar-refractivity contribution < 1.29 is 9.66 Å². The standard InChI is InChI=1S/C13H18N2O3/c1-10-5-6-13(15(16)17)12(8-10)14-9-11-4-2-3-7-18-11/h5-6,8,11,14H,2-4,7,9H2,1H3. The SMILES string of the molecule is Cc1ccc([N+](=O)[O-])c(NCC2CCCCO2)c1. The van der Waals surface area contributed by atoms with Gasteiger partial charge in [0.1, 0.15) is 5.69 Å². The topological polar surface area (TPSA) is 64.4 Å². The number of ether oxygens (including phenoxy) is 1. The summed E-state index contributed by atoms with van der Waals surface area (Å²) >= 11 is 0. The third-order valence-corrected chi connectivity index (χ3v) is 3.14. The first-order chi connectivity index (χ1) is 8.66. The smallest absolute Gasteiger partial charge is 0.292 e. The third-order valence-electron chi connectivity index (χ3n) is 3.14. The lowest BCUT2D eigenvalue weighted by Gasteiger charge is -2.23. The Bertz CT molecular complexity index is 428. The van der Waals surface area contributed by atoms with Crippen LogP contribution in [0.2, 0.25) is 0 Å². The van der Waals surface area contributed by atoms with E-state index in [9.17, 15) is 10.1 Å². The van der Waals surface area contributed by atoms with Crippen molar-refractivity contribution in [3.05, 3.63) is 33.9 Å². The number of nitro benzene ring substituents is 1. The van der Waals surface area contributed by atoms with E-state index in [1.807, 2.05) is 6.92 Å². The maximum atomic E-state index is 10.9. The molecule has 1 fully saturated rings. The molecule has 1 atom stereocenters. The molecule has 0 amide bonds. The van der Waals surface area contributed by atoms with E-state index in [1.165, 1.54) is 6.42 Å². The molecule has 98 valence electrons. The van der Waals surface area contributed by atoms with Crippen LogP contribution in [0.5, 0.6) is 0 Å². The molecular formula is C13H18N2O3. The van der Waals surface area contributed by atoms with E-state index in [0.29, 0.717) is 12.2 Å². The first-order valence-corrected chi connectivity index (χ1v) is 6.27. The van der Waals surface area contributed by atoms with Crippen molar-refractivity contribution in [2.75, 3.05) is 18.5 Å². The minimum absolute atomic E-state index is 0.122. The van der Waals surface area contributed by atoms with Gasteiger partial charge in [-0.2, -0.15) is 0 Å². The number of hydrogen-bond acceptors (Lipinski definition) is 4. The van der Waals surface area contributed by atoms with Crippen molar-refractivity contribution in [3.63, 3.8) is 0 Å². The summed E-state index contributed by atoms with van der Waals surface area (Å²) in [6.45, 7) is 3.35. The first-order valence-electron chi connectivity index (χ1n) is 6.27. The maximum absolute atomic E-state index is 10.9. The fourth-order valence-electron chi connectivity index (χ4n) is 2.14. The first kappa shape index (κ1) is 12.8. The van der Waals surface area contributed by atoms with E-state index < -0.39 is 0 Å². The van der Waals surface area contributed by atoms with Crippen LogP contribution in [0.15, 0.2) is 18.2 Å². The van der Waals surface area contributed by atoms with Crippen LogP contribution < -0.4 is 5.32 Å². The zero-order chi connectivity index (χ0) is 13.0. The lowest BCUT2D eigenvalue weighted by atomic mass is 10.1. The van der Waals surface area contributed by atoms with Crippen molar-refractivity contribution in [1.29, 1.82) is 0 Å². The molecule has 18 heavy (non-hydrogen) atoms. The summed E-state index contributed by atoms with van der Waals surface area (Å²) in [6, 6.07) is 5.10. The molecule has 1 N–H and O–H groups in total. The van der Waals surface area contributed by atoms with Crippen LogP contribution in [0.4, 0.5) is 11.4 Å². The van der Waals surface area contributed by atoms with Gasteiger partial charge in [-0.05, 0) is 37.8 Å². The molecule has 0 spiro atoms. The molecule has 1 aliphatic heterocycles. The van der Waals surface area contributed by atoms with Crippen LogP contribution >= 0.6 is 0 Å². The van der Waals surface area contributed by atoms with Gasteiger partial charge < -0.3 is 10.1 Å². The number of benzene rings is 1. The number of rotatable bonds is 4. The molecular weight excluding hydrogens is 232 g/mol. The highest BCUT2D eigenvalue weighted by Crippen LogP contribution is 2.25. The minimum atomic E-state index is -0.358. The number of nitro groups is 1.